The maximum Gasteiger partial charge on any atom is 0.0798 e. The molecule has 0 bridgehead atoms. The predicted molar refractivity (Wildman–Crippen MR) is 99.6 cm³/mol. The molecule has 1 aromatic heterocycles. The Morgan fingerprint density at radius 2 is 1.30 bits per heavy atom. The lowest BCUT2D eigenvalue weighted by atomic mass is 9.99. The highest BCUT2D eigenvalue weighted by molar-refractivity contribution is 6.44. The van der Waals surface area contributed by atoms with Gasteiger partial charge in [-0.3, -0.25) is 4.98 Å². The first-order chi connectivity index (χ1) is 11.0. The average Bonchev–Trinajstić information content (AvgIpc) is 2.53. The molecule has 0 unspecified atom stereocenters. The van der Waals surface area contributed by atoms with Gasteiger partial charge in [-0.25, -0.2) is 0 Å². The summed E-state index contributed by atoms with van der Waals surface area (Å²) in [5.41, 5.74) is 9.21. The number of nitrogen functional groups attached to an aromatic ring is 1. The molecule has 2 N–H and O–H groups in total. The zero-order valence-corrected chi connectivity index (χ0v) is 14.7. The minimum absolute atomic E-state index is 0.422. The minimum Gasteiger partial charge on any atom is -0.397 e. The van der Waals surface area contributed by atoms with E-state index < -0.39 is 0 Å². The Bertz CT molecular complexity index is 894. The van der Waals surface area contributed by atoms with E-state index in [9.17, 15) is 0 Å². The predicted octanol–water partition coefficient (Wildman–Crippen LogP) is 6.61. The number of pyridine rings is 1. The standard InChI is InChI=1S/C17H10Cl4N2/c18-13-5-1-3-10(15(13)20)12-7-9(22)8-23-17(12)11-4-2-6-14(19)16(11)21/h1-8H,22H2. The van der Waals surface area contributed by atoms with Crippen molar-refractivity contribution in [3.05, 3.63) is 68.8 Å². The summed E-state index contributed by atoms with van der Waals surface area (Å²) in [5.74, 6) is 0. The van der Waals surface area contributed by atoms with Gasteiger partial charge in [0.1, 0.15) is 0 Å². The van der Waals surface area contributed by atoms with E-state index >= 15 is 0 Å². The van der Waals surface area contributed by atoms with Crippen molar-refractivity contribution in [1.29, 1.82) is 0 Å². The van der Waals surface area contributed by atoms with Gasteiger partial charge in [0.05, 0.1) is 37.7 Å². The van der Waals surface area contributed by atoms with Gasteiger partial charge in [0.15, 0.2) is 0 Å². The van der Waals surface area contributed by atoms with Gasteiger partial charge in [0, 0.05) is 16.7 Å². The van der Waals surface area contributed by atoms with Gasteiger partial charge >= 0.3 is 0 Å². The largest absolute Gasteiger partial charge is 0.397 e. The van der Waals surface area contributed by atoms with Crippen molar-refractivity contribution in [2.24, 2.45) is 0 Å². The Balaban J connectivity index is 2.32. The Morgan fingerprint density at radius 3 is 1.96 bits per heavy atom. The quantitative estimate of drug-likeness (QED) is 0.540. The van der Waals surface area contributed by atoms with Crippen LogP contribution in [0, 0.1) is 0 Å². The van der Waals surface area contributed by atoms with Crippen molar-refractivity contribution in [1.82, 2.24) is 4.98 Å². The number of nitrogens with two attached hydrogens (primary N) is 1. The van der Waals surface area contributed by atoms with E-state index in [0.29, 0.717) is 37.0 Å². The SMILES string of the molecule is Nc1cnc(-c2cccc(Cl)c2Cl)c(-c2cccc(Cl)c2Cl)c1. The monoisotopic (exact) mass is 382 g/mol. The molecule has 2 nitrogen and oxygen atoms in total. The molecule has 3 rings (SSSR count). The molecule has 0 saturated carbocycles. The molecular weight excluding hydrogens is 374 g/mol. The first kappa shape index (κ1) is 16.4. The lowest BCUT2D eigenvalue weighted by Crippen LogP contribution is -1.95. The average molecular weight is 384 g/mol. The summed E-state index contributed by atoms with van der Waals surface area (Å²) in [4.78, 5) is 4.43. The fraction of sp³-hybridized carbons (Fsp3) is 0. The van der Waals surface area contributed by atoms with Crippen LogP contribution in [0.1, 0.15) is 0 Å². The van der Waals surface area contributed by atoms with Gasteiger partial charge in [-0.1, -0.05) is 70.7 Å². The molecule has 0 radical (unpaired) electrons. The molecule has 6 heteroatoms. The molecule has 116 valence electrons. The zero-order valence-electron chi connectivity index (χ0n) is 11.7. The second-order valence-electron chi connectivity index (χ2n) is 4.87. The van der Waals surface area contributed by atoms with Crippen molar-refractivity contribution in [2.75, 3.05) is 5.73 Å². The van der Waals surface area contributed by atoms with Crippen LogP contribution < -0.4 is 5.73 Å². The van der Waals surface area contributed by atoms with Crippen LogP contribution in [0.5, 0.6) is 0 Å². The number of nitrogens with zero attached hydrogens (tertiary/aromatic N) is 1. The first-order valence-electron chi connectivity index (χ1n) is 6.63. The van der Waals surface area contributed by atoms with Crippen LogP contribution in [-0.2, 0) is 0 Å². The second kappa shape index (κ2) is 6.58. The van der Waals surface area contributed by atoms with Crippen molar-refractivity contribution in [2.45, 2.75) is 0 Å². The third kappa shape index (κ3) is 3.13. The van der Waals surface area contributed by atoms with Gasteiger partial charge < -0.3 is 5.73 Å². The second-order valence-corrected chi connectivity index (χ2v) is 6.44. The molecular formula is C17H10Cl4N2. The van der Waals surface area contributed by atoms with Crippen molar-refractivity contribution >= 4 is 52.1 Å². The zero-order chi connectivity index (χ0) is 16.6. The van der Waals surface area contributed by atoms with Gasteiger partial charge in [0.25, 0.3) is 0 Å². The summed E-state index contributed by atoms with van der Waals surface area (Å²) in [6, 6.07) is 12.6. The van der Waals surface area contributed by atoms with Gasteiger partial charge in [-0.15, -0.1) is 0 Å². The number of rotatable bonds is 2. The third-order valence-electron chi connectivity index (χ3n) is 3.36. The van der Waals surface area contributed by atoms with E-state index in [-0.39, 0.29) is 0 Å². The van der Waals surface area contributed by atoms with E-state index in [4.69, 9.17) is 52.1 Å². The number of halogens is 4. The van der Waals surface area contributed by atoms with Crippen LogP contribution >= 0.6 is 46.4 Å². The Morgan fingerprint density at radius 1 is 0.739 bits per heavy atom. The normalized spacial score (nSPS) is 10.8. The maximum atomic E-state index is 6.35. The summed E-state index contributed by atoms with van der Waals surface area (Å²) < 4.78 is 0. The van der Waals surface area contributed by atoms with Crippen LogP contribution in [0.25, 0.3) is 22.4 Å². The van der Waals surface area contributed by atoms with E-state index in [1.54, 1.807) is 24.4 Å². The summed E-state index contributed by atoms with van der Waals surface area (Å²) in [6.07, 6.45) is 1.56. The van der Waals surface area contributed by atoms with E-state index in [0.717, 1.165) is 11.1 Å². The molecule has 23 heavy (non-hydrogen) atoms. The van der Waals surface area contributed by atoms with Crippen molar-refractivity contribution < 1.29 is 0 Å². The molecule has 2 aromatic carbocycles. The third-order valence-corrected chi connectivity index (χ3v) is 5.00. The number of benzene rings is 2. The maximum absolute atomic E-state index is 6.35. The highest BCUT2D eigenvalue weighted by Crippen LogP contribution is 2.41. The van der Waals surface area contributed by atoms with E-state index in [1.807, 2.05) is 24.3 Å². The molecule has 3 aromatic rings. The fourth-order valence-corrected chi connectivity index (χ4v) is 3.09. The van der Waals surface area contributed by atoms with E-state index in [1.165, 1.54) is 0 Å². The molecule has 0 aliphatic rings. The van der Waals surface area contributed by atoms with Crippen molar-refractivity contribution in [3.8, 4) is 22.4 Å². The first-order valence-corrected chi connectivity index (χ1v) is 8.14. The van der Waals surface area contributed by atoms with Gasteiger partial charge in [0.2, 0.25) is 0 Å². The fourth-order valence-electron chi connectivity index (χ4n) is 2.30. The topological polar surface area (TPSA) is 38.9 Å². The number of hydrogen-bond acceptors (Lipinski definition) is 2. The van der Waals surface area contributed by atoms with Gasteiger partial charge in [-0.2, -0.15) is 0 Å². The summed E-state index contributed by atoms with van der Waals surface area (Å²) in [6.45, 7) is 0. The molecule has 0 atom stereocenters. The summed E-state index contributed by atoms with van der Waals surface area (Å²) in [5, 5.41) is 1.76. The van der Waals surface area contributed by atoms with Crippen LogP contribution in [0.3, 0.4) is 0 Å². The van der Waals surface area contributed by atoms with Crippen LogP contribution in [-0.4, -0.2) is 4.98 Å². The molecule has 0 aliphatic carbocycles. The van der Waals surface area contributed by atoms with Crippen molar-refractivity contribution in [3.63, 3.8) is 0 Å². The highest BCUT2D eigenvalue weighted by atomic mass is 35.5. The Hall–Kier alpha value is -1.45. The van der Waals surface area contributed by atoms with Gasteiger partial charge in [-0.05, 0) is 18.2 Å². The van der Waals surface area contributed by atoms with E-state index in [2.05, 4.69) is 4.98 Å². The minimum atomic E-state index is 0.422. The molecule has 0 amide bonds. The molecule has 0 spiro atoms. The lowest BCUT2D eigenvalue weighted by molar-refractivity contribution is 1.33. The smallest absolute Gasteiger partial charge is 0.0798 e. The molecule has 1 heterocycles. The molecule has 0 saturated heterocycles. The van der Waals surface area contributed by atoms with Crippen LogP contribution in [0.4, 0.5) is 5.69 Å². The number of anilines is 1. The van der Waals surface area contributed by atoms with Crippen LogP contribution in [0.15, 0.2) is 48.7 Å². The highest BCUT2D eigenvalue weighted by Gasteiger charge is 2.17. The Kier molecular flexibility index (Phi) is 4.69. The molecule has 0 fully saturated rings. The van der Waals surface area contributed by atoms with Crippen LogP contribution in [0.2, 0.25) is 20.1 Å². The molecule has 0 aliphatic heterocycles. The number of hydrogen-bond donors (Lipinski definition) is 1. The summed E-state index contributed by atoms with van der Waals surface area (Å²) in [7, 11) is 0. The Labute approximate surface area is 153 Å². The lowest BCUT2D eigenvalue weighted by Gasteiger charge is -2.13. The summed E-state index contributed by atoms with van der Waals surface area (Å²) >= 11 is 24.9. The number of aromatic nitrogens is 1.